The van der Waals surface area contributed by atoms with Crippen molar-refractivity contribution in [2.24, 2.45) is 0 Å². The highest BCUT2D eigenvalue weighted by Crippen LogP contribution is 2.31. The third-order valence-corrected chi connectivity index (χ3v) is 6.18. The third kappa shape index (κ3) is 4.26. The molecule has 4 rings (SSSR count). The quantitative estimate of drug-likeness (QED) is 0.625. The maximum absolute atomic E-state index is 13.3. The second-order valence-electron chi connectivity index (χ2n) is 7.28. The fraction of sp³-hybridized carbons (Fsp3) is 0.200. The zero-order valence-electron chi connectivity index (χ0n) is 16.9. The molecule has 0 radical (unpaired) electrons. The normalized spacial score (nSPS) is 15.4. The van der Waals surface area contributed by atoms with Crippen LogP contribution in [0.2, 0.25) is 0 Å². The molecule has 152 valence electrons. The summed E-state index contributed by atoms with van der Waals surface area (Å²) in [6, 6.07) is 24.6. The number of carbonyl (C=O) groups excluding carboxylic acids is 2. The summed E-state index contributed by atoms with van der Waals surface area (Å²) < 4.78 is 0. The Bertz CT molecular complexity index is 1030. The van der Waals surface area contributed by atoms with Gasteiger partial charge in [0.25, 0.3) is 5.91 Å². The van der Waals surface area contributed by atoms with Crippen LogP contribution in [0.3, 0.4) is 0 Å². The van der Waals surface area contributed by atoms with Crippen LogP contribution in [-0.2, 0) is 17.8 Å². The number of hydrogen-bond donors (Lipinski definition) is 1. The summed E-state index contributed by atoms with van der Waals surface area (Å²) in [5, 5.41) is 3.04. The van der Waals surface area contributed by atoms with Gasteiger partial charge in [-0.25, -0.2) is 0 Å². The SMILES string of the molecule is CSc1ccc(CNC(=O)C2c3ccccc3CCN2C(=O)c2ccccc2)cc1. The van der Waals surface area contributed by atoms with Gasteiger partial charge in [-0.05, 0) is 53.6 Å². The Balaban J connectivity index is 1.58. The fourth-order valence-corrected chi connectivity index (χ4v) is 4.25. The van der Waals surface area contributed by atoms with E-state index in [1.807, 2.05) is 73.0 Å². The predicted molar refractivity (Wildman–Crippen MR) is 120 cm³/mol. The lowest BCUT2D eigenvalue weighted by Crippen LogP contribution is -2.47. The van der Waals surface area contributed by atoms with E-state index in [2.05, 4.69) is 5.32 Å². The van der Waals surface area contributed by atoms with Crippen LogP contribution in [0.5, 0.6) is 0 Å². The van der Waals surface area contributed by atoms with Crippen molar-refractivity contribution in [2.75, 3.05) is 12.8 Å². The highest BCUT2D eigenvalue weighted by Gasteiger charge is 2.36. The molecule has 1 unspecified atom stereocenters. The lowest BCUT2D eigenvalue weighted by molar-refractivity contribution is -0.126. The Morgan fingerprint density at radius 1 is 0.967 bits per heavy atom. The van der Waals surface area contributed by atoms with E-state index in [-0.39, 0.29) is 11.8 Å². The summed E-state index contributed by atoms with van der Waals surface area (Å²) in [4.78, 5) is 29.4. The van der Waals surface area contributed by atoms with Crippen LogP contribution < -0.4 is 5.32 Å². The largest absolute Gasteiger partial charge is 0.350 e. The van der Waals surface area contributed by atoms with Gasteiger partial charge in [-0.1, -0.05) is 54.6 Å². The van der Waals surface area contributed by atoms with Gasteiger partial charge in [0.15, 0.2) is 0 Å². The fourth-order valence-electron chi connectivity index (χ4n) is 3.84. The molecular formula is C25H24N2O2S. The van der Waals surface area contributed by atoms with Crippen molar-refractivity contribution in [1.29, 1.82) is 0 Å². The van der Waals surface area contributed by atoms with Gasteiger partial charge in [0.05, 0.1) is 0 Å². The minimum atomic E-state index is -0.631. The maximum atomic E-state index is 13.3. The zero-order chi connectivity index (χ0) is 20.9. The van der Waals surface area contributed by atoms with E-state index in [1.165, 1.54) is 4.90 Å². The molecule has 0 aromatic heterocycles. The molecule has 0 fully saturated rings. The first-order chi connectivity index (χ1) is 14.7. The molecule has 1 aliphatic heterocycles. The van der Waals surface area contributed by atoms with E-state index in [0.29, 0.717) is 18.7 Å². The van der Waals surface area contributed by atoms with Crippen molar-refractivity contribution in [3.8, 4) is 0 Å². The van der Waals surface area contributed by atoms with Gasteiger partial charge in [-0.15, -0.1) is 11.8 Å². The Morgan fingerprint density at radius 3 is 2.40 bits per heavy atom. The molecule has 1 N–H and O–H groups in total. The summed E-state index contributed by atoms with van der Waals surface area (Å²) in [5.41, 5.74) is 3.66. The van der Waals surface area contributed by atoms with Crippen LogP contribution in [-0.4, -0.2) is 29.5 Å². The number of carbonyl (C=O) groups is 2. The van der Waals surface area contributed by atoms with E-state index in [1.54, 1.807) is 28.8 Å². The molecule has 3 aromatic rings. The average Bonchev–Trinajstić information content (AvgIpc) is 2.82. The molecular weight excluding hydrogens is 392 g/mol. The highest BCUT2D eigenvalue weighted by molar-refractivity contribution is 7.98. The summed E-state index contributed by atoms with van der Waals surface area (Å²) in [7, 11) is 0. The smallest absolute Gasteiger partial charge is 0.254 e. The molecule has 3 aromatic carbocycles. The molecule has 1 heterocycles. The molecule has 0 saturated carbocycles. The molecule has 0 bridgehead atoms. The van der Waals surface area contributed by atoms with Gasteiger partial charge >= 0.3 is 0 Å². The summed E-state index contributed by atoms with van der Waals surface area (Å²) in [6.07, 6.45) is 2.78. The van der Waals surface area contributed by atoms with E-state index < -0.39 is 6.04 Å². The van der Waals surface area contributed by atoms with Crippen LogP contribution in [0.1, 0.15) is 33.1 Å². The van der Waals surface area contributed by atoms with Gasteiger partial charge in [0.1, 0.15) is 6.04 Å². The third-order valence-electron chi connectivity index (χ3n) is 5.44. The minimum absolute atomic E-state index is 0.116. The van der Waals surface area contributed by atoms with Crippen molar-refractivity contribution >= 4 is 23.6 Å². The number of amides is 2. The van der Waals surface area contributed by atoms with Crippen molar-refractivity contribution in [3.63, 3.8) is 0 Å². The maximum Gasteiger partial charge on any atom is 0.254 e. The van der Waals surface area contributed by atoms with Gasteiger partial charge in [0.2, 0.25) is 5.91 Å². The van der Waals surface area contributed by atoms with Crippen molar-refractivity contribution in [1.82, 2.24) is 10.2 Å². The second-order valence-corrected chi connectivity index (χ2v) is 8.16. The average molecular weight is 417 g/mol. The van der Waals surface area contributed by atoms with Crippen molar-refractivity contribution in [3.05, 3.63) is 101 Å². The van der Waals surface area contributed by atoms with Crippen LogP contribution in [0.15, 0.2) is 83.8 Å². The number of nitrogens with zero attached hydrogens (tertiary/aromatic N) is 1. The molecule has 4 nitrogen and oxygen atoms in total. The van der Waals surface area contributed by atoms with Crippen LogP contribution in [0.25, 0.3) is 0 Å². The second kappa shape index (κ2) is 9.18. The van der Waals surface area contributed by atoms with E-state index in [0.717, 1.165) is 23.1 Å². The molecule has 0 saturated heterocycles. The molecule has 30 heavy (non-hydrogen) atoms. The molecule has 2 amide bonds. The predicted octanol–water partition coefficient (Wildman–Crippen LogP) is 4.46. The van der Waals surface area contributed by atoms with Crippen molar-refractivity contribution in [2.45, 2.75) is 23.9 Å². The van der Waals surface area contributed by atoms with Gasteiger partial charge in [-0.2, -0.15) is 0 Å². The number of fused-ring (bicyclic) bond motifs is 1. The summed E-state index contributed by atoms with van der Waals surface area (Å²) in [6.45, 7) is 0.949. The molecule has 0 aliphatic carbocycles. The minimum Gasteiger partial charge on any atom is -0.350 e. The highest BCUT2D eigenvalue weighted by atomic mass is 32.2. The monoisotopic (exact) mass is 416 g/mol. The van der Waals surface area contributed by atoms with Crippen LogP contribution in [0.4, 0.5) is 0 Å². The standard InChI is InChI=1S/C25H24N2O2S/c1-30-21-13-11-18(12-14-21)17-26-24(28)23-22-10-6-5-7-19(22)15-16-27(23)25(29)20-8-3-2-4-9-20/h2-14,23H,15-17H2,1H3,(H,26,28). The summed E-state index contributed by atoms with van der Waals surface area (Å²) in [5.74, 6) is -0.269. The molecule has 1 atom stereocenters. The Morgan fingerprint density at radius 2 is 1.67 bits per heavy atom. The lowest BCUT2D eigenvalue weighted by atomic mass is 9.91. The summed E-state index contributed by atoms with van der Waals surface area (Å²) >= 11 is 1.69. The first kappa shape index (κ1) is 20.2. The topological polar surface area (TPSA) is 49.4 Å². The van der Waals surface area contributed by atoms with Gasteiger partial charge < -0.3 is 10.2 Å². The van der Waals surface area contributed by atoms with E-state index >= 15 is 0 Å². The first-order valence-electron chi connectivity index (χ1n) is 10.0. The van der Waals surface area contributed by atoms with E-state index in [4.69, 9.17) is 0 Å². The number of benzene rings is 3. The van der Waals surface area contributed by atoms with Gasteiger partial charge in [0, 0.05) is 23.5 Å². The number of rotatable bonds is 5. The molecule has 5 heteroatoms. The Kier molecular flexibility index (Phi) is 6.19. The zero-order valence-corrected chi connectivity index (χ0v) is 17.7. The van der Waals surface area contributed by atoms with E-state index in [9.17, 15) is 9.59 Å². The number of nitrogens with one attached hydrogen (secondary N) is 1. The Hall–Kier alpha value is -3.05. The van der Waals surface area contributed by atoms with Gasteiger partial charge in [-0.3, -0.25) is 9.59 Å². The number of thioether (sulfide) groups is 1. The lowest BCUT2D eigenvalue weighted by Gasteiger charge is -2.36. The Labute approximate surface area is 181 Å². The molecule has 1 aliphatic rings. The van der Waals surface area contributed by atoms with Crippen LogP contribution >= 0.6 is 11.8 Å². The number of hydrogen-bond acceptors (Lipinski definition) is 3. The van der Waals surface area contributed by atoms with Crippen molar-refractivity contribution < 1.29 is 9.59 Å². The van der Waals surface area contributed by atoms with Crippen LogP contribution in [0, 0.1) is 0 Å². The molecule has 0 spiro atoms. The first-order valence-corrected chi connectivity index (χ1v) is 11.2.